The number of imidazole rings is 1. The van der Waals surface area contributed by atoms with Crippen molar-refractivity contribution in [2.45, 2.75) is 38.3 Å². The fourth-order valence-electron chi connectivity index (χ4n) is 2.31. The Labute approximate surface area is 129 Å². The molecular formula is C16H20N2O2S. The molecule has 1 aromatic carbocycles. The molecule has 5 heteroatoms. The number of para-hydroxylation sites is 1. The van der Waals surface area contributed by atoms with Crippen LogP contribution in [0.3, 0.4) is 0 Å². The number of nitrogens with zero attached hydrogens (tertiary/aromatic N) is 2. The van der Waals surface area contributed by atoms with Crippen molar-refractivity contribution in [1.29, 1.82) is 0 Å². The fraction of sp³-hybridized carbons (Fsp3) is 0.375. The second-order valence-electron chi connectivity index (χ2n) is 4.78. The van der Waals surface area contributed by atoms with Crippen LogP contribution >= 0.6 is 11.8 Å². The van der Waals surface area contributed by atoms with E-state index in [-0.39, 0.29) is 5.75 Å². The first-order chi connectivity index (χ1) is 10.2. The average molecular weight is 304 g/mol. The van der Waals surface area contributed by atoms with E-state index in [2.05, 4.69) is 35.5 Å². The van der Waals surface area contributed by atoms with Gasteiger partial charge in [-0.05, 0) is 24.5 Å². The van der Waals surface area contributed by atoms with Gasteiger partial charge in [-0.25, -0.2) is 4.98 Å². The lowest BCUT2D eigenvalue weighted by Crippen LogP contribution is -2.06. The van der Waals surface area contributed by atoms with Crippen molar-refractivity contribution < 1.29 is 9.90 Å². The predicted molar refractivity (Wildman–Crippen MR) is 85.3 cm³/mol. The van der Waals surface area contributed by atoms with Crippen LogP contribution < -0.4 is 0 Å². The zero-order chi connectivity index (χ0) is 15.2. The molecule has 0 spiro atoms. The first kappa shape index (κ1) is 15.6. The Morgan fingerprint density at radius 2 is 2.10 bits per heavy atom. The van der Waals surface area contributed by atoms with Gasteiger partial charge in [-0.3, -0.25) is 9.36 Å². The molecule has 21 heavy (non-hydrogen) atoms. The summed E-state index contributed by atoms with van der Waals surface area (Å²) in [4.78, 5) is 15.2. The zero-order valence-corrected chi connectivity index (χ0v) is 13.2. The molecular weight excluding hydrogens is 284 g/mol. The van der Waals surface area contributed by atoms with E-state index < -0.39 is 5.97 Å². The van der Waals surface area contributed by atoms with Gasteiger partial charge in [0.15, 0.2) is 5.16 Å². The number of aliphatic carboxylic acids is 1. The largest absolute Gasteiger partial charge is 0.481 e. The van der Waals surface area contributed by atoms with Gasteiger partial charge in [-0.15, -0.1) is 0 Å². The molecule has 0 fully saturated rings. The number of aromatic nitrogens is 2. The van der Waals surface area contributed by atoms with E-state index in [1.54, 1.807) is 0 Å². The molecule has 2 aromatic rings. The summed E-state index contributed by atoms with van der Waals surface area (Å²) in [5.41, 5.74) is 3.48. The van der Waals surface area contributed by atoms with Gasteiger partial charge >= 0.3 is 5.97 Å². The highest BCUT2D eigenvalue weighted by Crippen LogP contribution is 2.26. The third-order valence-electron chi connectivity index (χ3n) is 3.24. The van der Waals surface area contributed by atoms with Crippen LogP contribution in [0, 0.1) is 0 Å². The lowest BCUT2D eigenvalue weighted by molar-refractivity contribution is -0.133. The molecule has 0 saturated carbocycles. The first-order valence-electron chi connectivity index (χ1n) is 7.16. The van der Waals surface area contributed by atoms with Crippen molar-refractivity contribution in [3.05, 3.63) is 41.7 Å². The van der Waals surface area contributed by atoms with E-state index in [1.807, 2.05) is 18.3 Å². The van der Waals surface area contributed by atoms with Crippen molar-refractivity contribution in [3.63, 3.8) is 0 Å². The molecule has 0 amide bonds. The van der Waals surface area contributed by atoms with E-state index in [0.29, 0.717) is 0 Å². The molecule has 0 atom stereocenters. The highest BCUT2D eigenvalue weighted by molar-refractivity contribution is 7.99. The van der Waals surface area contributed by atoms with Gasteiger partial charge in [-0.2, -0.15) is 0 Å². The maximum atomic E-state index is 10.8. The SMILES string of the molecule is CCCc1ccccc1-n1c(CC)cnc1SCC(=O)O. The molecule has 0 radical (unpaired) electrons. The number of carboxylic acid groups (broad SMARTS) is 1. The van der Waals surface area contributed by atoms with Crippen LogP contribution in [0.1, 0.15) is 31.5 Å². The molecule has 0 aliphatic rings. The van der Waals surface area contributed by atoms with Crippen molar-refractivity contribution in [2.24, 2.45) is 0 Å². The van der Waals surface area contributed by atoms with Crippen molar-refractivity contribution >= 4 is 17.7 Å². The van der Waals surface area contributed by atoms with Crippen molar-refractivity contribution in [3.8, 4) is 5.69 Å². The molecule has 1 N–H and O–H groups in total. The third-order valence-corrected chi connectivity index (χ3v) is 4.18. The highest BCUT2D eigenvalue weighted by Gasteiger charge is 2.14. The summed E-state index contributed by atoms with van der Waals surface area (Å²) in [6.45, 7) is 4.24. The molecule has 0 unspecified atom stereocenters. The van der Waals surface area contributed by atoms with Crippen LogP contribution in [-0.2, 0) is 17.6 Å². The molecule has 112 valence electrons. The van der Waals surface area contributed by atoms with Gasteiger partial charge in [0.25, 0.3) is 0 Å². The van der Waals surface area contributed by atoms with E-state index in [1.165, 1.54) is 17.3 Å². The summed E-state index contributed by atoms with van der Waals surface area (Å²) in [5.74, 6) is -0.801. The lowest BCUT2D eigenvalue weighted by atomic mass is 10.1. The number of rotatable bonds is 7. The molecule has 0 saturated heterocycles. The van der Waals surface area contributed by atoms with Gasteiger partial charge in [0.05, 0.1) is 11.4 Å². The van der Waals surface area contributed by atoms with Crippen LogP contribution in [0.2, 0.25) is 0 Å². The number of carboxylic acids is 1. The summed E-state index contributed by atoms with van der Waals surface area (Å²) < 4.78 is 2.10. The summed E-state index contributed by atoms with van der Waals surface area (Å²) in [6, 6.07) is 8.27. The molecule has 0 aliphatic carbocycles. The quantitative estimate of drug-likeness (QED) is 0.795. The number of hydrogen-bond acceptors (Lipinski definition) is 3. The van der Waals surface area contributed by atoms with E-state index >= 15 is 0 Å². The molecule has 1 heterocycles. The monoisotopic (exact) mass is 304 g/mol. The minimum Gasteiger partial charge on any atom is -0.481 e. The van der Waals surface area contributed by atoms with E-state index in [0.717, 1.165) is 35.8 Å². The van der Waals surface area contributed by atoms with Crippen molar-refractivity contribution in [2.75, 3.05) is 5.75 Å². The van der Waals surface area contributed by atoms with Crippen LogP contribution in [0.5, 0.6) is 0 Å². The van der Waals surface area contributed by atoms with Gasteiger partial charge < -0.3 is 5.11 Å². The Morgan fingerprint density at radius 3 is 2.76 bits per heavy atom. The predicted octanol–water partition coefficient (Wildman–Crippen LogP) is 3.56. The maximum absolute atomic E-state index is 10.8. The van der Waals surface area contributed by atoms with Crippen LogP contribution in [0.25, 0.3) is 5.69 Å². The van der Waals surface area contributed by atoms with Crippen molar-refractivity contribution in [1.82, 2.24) is 9.55 Å². The first-order valence-corrected chi connectivity index (χ1v) is 8.15. The second kappa shape index (κ2) is 7.31. The number of carbonyl (C=O) groups is 1. The Balaban J connectivity index is 2.46. The second-order valence-corrected chi connectivity index (χ2v) is 5.72. The summed E-state index contributed by atoms with van der Waals surface area (Å²) >= 11 is 1.27. The smallest absolute Gasteiger partial charge is 0.313 e. The fourth-order valence-corrected chi connectivity index (χ4v) is 3.04. The topological polar surface area (TPSA) is 55.1 Å². The third kappa shape index (κ3) is 3.67. The van der Waals surface area contributed by atoms with E-state index in [9.17, 15) is 4.79 Å². The minimum absolute atomic E-state index is 0.0239. The normalized spacial score (nSPS) is 10.8. The Morgan fingerprint density at radius 1 is 1.33 bits per heavy atom. The number of thioether (sulfide) groups is 1. The van der Waals surface area contributed by atoms with Gasteiger partial charge in [0.1, 0.15) is 0 Å². The summed E-state index contributed by atoms with van der Waals surface area (Å²) in [5, 5.41) is 9.63. The number of aryl methyl sites for hydroxylation is 2. The van der Waals surface area contributed by atoms with Crippen LogP contribution in [-0.4, -0.2) is 26.4 Å². The van der Waals surface area contributed by atoms with Gasteiger partial charge in [-0.1, -0.05) is 50.2 Å². The van der Waals surface area contributed by atoms with Crippen LogP contribution in [0.15, 0.2) is 35.6 Å². The summed E-state index contributed by atoms with van der Waals surface area (Å²) in [6.07, 6.45) is 4.78. The standard InChI is InChI=1S/C16H20N2O2S/c1-3-7-12-8-5-6-9-14(12)18-13(4-2)10-17-16(18)21-11-15(19)20/h5-6,8-10H,3-4,7,11H2,1-2H3,(H,19,20). The maximum Gasteiger partial charge on any atom is 0.313 e. The number of hydrogen-bond donors (Lipinski definition) is 1. The highest BCUT2D eigenvalue weighted by atomic mass is 32.2. The van der Waals surface area contributed by atoms with Crippen LogP contribution in [0.4, 0.5) is 0 Å². The average Bonchev–Trinajstić information content (AvgIpc) is 2.89. The Hall–Kier alpha value is -1.75. The molecule has 2 rings (SSSR count). The Kier molecular flexibility index (Phi) is 5.44. The zero-order valence-electron chi connectivity index (χ0n) is 12.4. The molecule has 0 aliphatic heterocycles. The van der Waals surface area contributed by atoms with Gasteiger partial charge in [0.2, 0.25) is 0 Å². The Bertz CT molecular complexity index is 622. The molecule has 0 bridgehead atoms. The van der Waals surface area contributed by atoms with Gasteiger partial charge in [0, 0.05) is 11.9 Å². The minimum atomic E-state index is -0.825. The molecule has 1 aromatic heterocycles. The van der Waals surface area contributed by atoms with E-state index in [4.69, 9.17) is 5.11 Å². The number of benzene rings is 1. The molecule has 4 nitrogen and oxygen atoms in total. The lowest BCUT2D eigenvalue weighted by Gasteiger charge is -2.15. The summed E-state index contributed by atoms with van der Waals surface area (Å²) in [7, 11) is 0.